The van der Waals surface area contributed by atoms with Crippen LogP contribution in [0.5, 0.6) is 0 Å². The van der Waals surface area contributed by atoms with Gasteiger partial charge in [-0.05, 0) is 12.5 Å². The molecular weight excluding hydrogens is 143 g/mol. The lowest BCUT2D eigenvalue weighted by molar-refractivity contribution is 0.0442. The molecule has 1 aliphatic heterocycles. The van der Waals surface area contributed by atoms with Crippen molar-refractivity contribution in [3.8, 4) is 0 Å². The van der Waals surface area contributed by atoms with E-state index in [1.54, 1.807) is 0 Å². The van der Waals surface area contributed by atoms with Crippen molar-refractivity contribution < 1.29 is 4.39 Å². The van der Waals surface area contributed by atoms with Crippen LogP contribution in [0.3, 0.4) is 0 Å². The van der Waals surface area contributed by atoms with Gasteiger partial charge < -0.3 is 10.6 Å². The fourth-order valence-electron chi connectivity index (χ4n) is 1.77. The van der Waals surface area contributed by atoms with Crippen LogP contribution in [-0.4, -0.2) is 37.3 Å². The summed E-state index contributed by atoms with van der Waals surface area (Å²) in [5.74, 6) is 0. The molecule has 0 aliphatic carbocycles. The number of nitrogens with zero attached hydrogens (tertiary/aromatic N) is 1. The van der Waals surface area contributed by atoms with Gasteiger partial charge in [0, 0.05) is 19.1 Å². The summed E-state index contributed by atoms with van der Waals surface area (Å²) in [5, 5.41) is 0. The Morgan fingerprint density at radius 1 is 1.55 bits per heavy atom. The summed E-state index contributed by atoms with van der Waals surface area (Å²) in [6.45, 7) is 5.39. The predicted octanol–water partition coefficient (Wildman–Crippen LogP) is 0.623. The number of nitrogens with two attached hydrogens (primary N) is 1. The molecule has 2 nitrogen and oxygen atoms in total. The second-order valence-electron chi connectivity index (χ2n) is 4.23. The quantitative estimate of drug-likeness (QED) is 0.563. The van der Waals surface area contributed by atoms with Crippen molar-refractivity contribution in [3.63, 3.8) is 0 Å². The van der Waals surface area contributed by atoms with E-state index in [1.807, 2.05) is 25.8 Å². The van der Waals surface area contributed by atoms with Crippen LogP contribution in [-0.2, 0) is 0 Å². The molecule has 1 fully saturated rings. The van der Waals surface area contributed by atoms with Gasteiger partial charge in [0.2, 0.25) is 0 Å². The molecule has 0 bridgehead atoms. The van der Waals surface area contributed by atoms with Gasteiger partial charge in [0.05, 0.1) is 0 Å². The van der Waals surface area contributed by atoms with E-state index in [9.17, 15) is 4.39 Å². The first-order chi connectivity index (χ1) is 4.93. The first kappa shape index (κ1) is 8.94. The minimum Gasteiger partial charge on any atom is -0.325 e. The molecule has 66 valence electrons. The fourth-order valence-corrected chi connectivity index (χ4v) is 1.77. The van der Waals surface area contributed by atoms with Gasteiger partial charge in [0.15, 0.2) is 0 Å². The molecule has 0 unspecified atom stereocenters. The van der Waals surface area contributed by atoms with Gasteiger partial charge in [-0.1, -0.05) is 13.8 Å². The topological polar surface area (TPSA) is 29.3 Å². The third-order valence-electron chi connectivity index (χ3n) is 2.46. The number of alkyl halides is 1. The van der Waals surface area contributed by atoms with E-state index in [0.29, 0.717) is 6.54 Å². The van der Waals surface area contributed by atoms with Crippen molar-refractivity contribution >= 4 is 0 Å². The van der Waals surface area contributed by atoms with E-state index in [4.69, 9.17) is 5.73 Å². The summed E-state index contributed by atoms with van der Waals surface area (Å²) in [6.07, 6.45) is -0.872. The number of halogens is 1. The van der Waals surface area contributed by atoms with Crippen LogP contribution in [0, 0.1) is 5.41 Å². The monoisotopic (exact) mass is 160 g/mol. The molecule has 0 aromatic heterocycles. The third kappa shape index (κ3) is 1.71. The second kappa shape index (κ2) is 2.72. The summed E-state index contributed by atoms with van der Waals surface area (Å²) in [4.78, 5) is 1.99. The lowest BCUT2D eigenvalue weighted by atomic mass is 9.79. The van der Waals surface area contributed by atoms with E-state index < -0.39 is 6.17 Å². The molecule has 1 saturated heterocycles. The molecule has 2 atom stereocenters. The average Bonchev–Trinajstić information content (AvgIpc) is 1.81. The summed E-state index contributed by atoms with van der Waals surface area (Å²) in [6, 6.07) is -0.307. The van der Waals surface area contributed by atoms with Crippen molar-refractivity contribution in [3.05, 3.63) is 0 Å². The molecule has 11 heavy (non-hydrogen) atoms. The van der Waals surface area contributed by atoms with Crippen LogP contribution in [0.1, 0.15) is 13.8 Å². The Balaban J connectivity index is 2.67. The maximum atomic E-state index is 13.2. The smallest absolute Gasteiger partial charge is 0.128 e. The molecule has 0 saturated carbocycles. The third-order valence-corrected chi connectivity index (χ3v) is 2.46. The lowest BCUT2D eigenvalue weighted by Gasteiger charge is -2.42. The van der Waals surface area contributed by atoms with Crippen LogP contribution < -0.4 is 5.73 Å². The Bertz CT molecular complexity index is 147. The van der Waals surface area contributed by atoms with Crippen LogP contribution in [0.25, 0.3) is 0 Å². The van der Waals surface area contributed by atoms with Crippen LogP contribution >= 0.6 is 0 Å². The Morgan fingerprint density at radius 2 is 2.09 bits per heavy atom. The van der Waals surface area contributed by atoms with E-state index in [2.05, 4.69) is 0 Å². The number of hydrogen-bond acceptors (Lipinski definition) is 2. The summed E-state index contributed by atoms with van der Waals surface area (Å²) >= 11 is 0. The minimum atomic E-state index is -0.872. The van der Waals surface area contributed by atoms with Crippen molar-refractivity contribution in [2.45, 2.75) is 26.1 Å². The van der Waals surface area contributed by atoms with E-state index in [-0.39, 0.29) is 11.5 Å². The van der Waals surface area contributed by atoms with Crippen LogP contribution in [0.4, 0.5) is 4.39 Å². The molecule has 1 heterocycles. The van der Waals surface area contributed by atoms with Crippen molar-refractivity contribution in [2.24, 2.45) is 11.1 Å². The summed E-state index contributed by atoms with van der Waals surface area (Å²) in [7, 11) is 1.93. The zero-order valence-electron chi connectivity index (χ0n) is 7.47. The molecule has 0 radical (unpaired) electrons. The second-order valence-corrected chi connectivity index (χ2v) is 4.23. The molecule has 3 heteroatoms. The van der Waals surface area contributed by atoms with Crippen molar-refractivity contribution in [2.75, 3.05) is 20.1 Å². The fraction of sp³-hybridized carbons (Fsp3) is 1.00. The minimum absolute atomic E-state index is 0.0909. The molecule has 0 spiro atoms. The lowest BCUT2D eigenvalue weighted by Crippen LogP contribution is -2.58. The average molecular weight is 160 g/mol. The maximum Gasteiger partial charge on any atom is 0.128 e. The summed E-state index contributed by atoms with van der Waals surface area (Å²) < 4.78 is 13.2. The standard InChI is InChI=1S/C8H17FN2/c1-8(2)5-11(3)4-6(9)7(8)10/h6-7H,4-5,10H2,1-3H3/t6-,7+/m1/s1. The Morgan fingerprint density at radius 3 is 2.55 bits per heavy atom. The predicted molar refractivity (Wildman–Crippen MR) is 44.1 cm³/mol. The van der Waals surface area contributed by atoms with Gasteiger partial charge in [-0.25, -0.2) is 4.39 Å². The van der Waals surface area contributed by atoms with Gasteiger partial charge >= 0.3 is 0 Å². The van der Waals surface area contributed by atoms with Gasteiger partial charge in [0.25, 0.3) is 0 Å². The van der Waals surface area contributed by atoms with E-state index in [0.717, 1.165) is 6.54 Å². The highest BCUT2D eigenvalue weighted by Crippen LogP contribution is 2.28. The number of piperidine rings is 1. The zero-order valence-corrected chi connectivity index (χ0v) is 7.47. The van der Waals surface area contributed by atoms with E-state index >= 15 is 0 Å². The number of rotatable bonds is 0. The Hall–Kier alpha value is -0.150. The van der Waals surface area contributed by atoms with Gasteiger partial charge in [0.1, 0.15) is 6.17 Å². The van der Waals surface area contributed by atoms with Crippen LogP contribution in [0.15, 0.2) is 0 Å². The highest BCUT2D eigenvalue weighted by atomic mass is 19.1. The number of likely N-dealkylation sites (tertiary alicyclic amines) is 1. The first-order valence-corrected chi connectivity index (χ1v) is 4.02. The molecule has 1 rings (SSSR count). The molecule has 0 aromatic rings. The molecule has 1 aliphatic rings. The van der Waals surface area contributed by atoms with Crippen molar-refractivity contribution in [1.29, 1.82) is 0 Å². The van der Waals surface area contributed by atoms with Gasteiger partial charge in [-0.2, -0.15) is 0 Å². The van der Waals surface area contributed by atoms with Crippen LogP contribution in [0.2, 0.25) is 0 Å². The molecule has 0 amide bonds. The normalized spacial score (nSPS) is 39.0. The summed E-state index contributed by atoms with van der Waals surface area (Å²) in [5.41, 5.74) is 5.63. The Labute approximate surface area is 67.6 Å². The first-order valence-electron chi connectivity index (χ1n) is 4.02. The Kier molecular flexibility index (Phi) is 2.21. The maximum absolute atomic E-state index is 13.2. The highest BCUT2D eigenvalue weighted by Gasteiger charge is 2.38. The highest BCUT2D eigenvalue weighted by molar-refractivity contribution is 4.94. The SMILES string of the molecule is CN1C[C@@H](F)[C@H](N)C(C)(C)C1. The van der Waals surface area contributed by atoms with Crippen molar-refractivity contribution in [1.82, 2.24) is 4.90 Å². The van der Waals surface area contributed by atoms with Gasteiger partial charge in [-0.15, -0.1) is 0 Å². The van der Waals surface area contributed by atoms with E-state index in [1.165, 1.54) is 0 Å². The molecular formula is C8H17FN2. The van der Waals surface area contributed by atoms with Gasteiger partial charge in [-0.3, -0.25) is 0 Å². The zero-order chi connectivity index (χ0) is 8.65. The largest absolute Gasteiger partial charge is 0.325 e. The number of hydrogen-bond donors (Lipinski definition) is 1. The molecule has 2 N–H and O–H groups in total. The molecule has 0 aromatic carbocycles.